The Morgan fingerprint density at radius 3 is 2.16 bits per heavy atom. The average Bonchev–Trinajstić information content (AvgIpc) is 3.12. The molecule has 3 rings (SSSR count). The number of ether oxygens (including phenoxy) is 2. The van der Waals surface area contributed by atoms with E-state index in [1.54, 1.807) is 0 Å². The highest BCUT2D eigenvalue weighted by atomic mass is 16.5. The van der Waals surface area contributed by atoms with Crippen LogP contribution in [0.1, 0.15) is 53.0 Å². The number of benzene rings is 2. The number of methoxy groups -OCH3 is 1. The van der Waals surface area contributed by atoms with Gasteiger partial charge in [-0.2, -0.15) is 0 Å². The maximum Gasteiger partial charge on any atom is 0.408 e. The number of rotatable bonds is 8. The third kappa shape index (κ3) is 5.55. The van der Waals surface area contributed by atoms with Crippen LogP contribution in [0, 0.1) is 12.8 Å². The summed E-state index contributed by atoms with van der Waals surface area (Å²) in [6.07, 6.45) is -0.543. The summed E-state index contributed by atoms with van der Waals surface area (Å²) in [4.78, 5) is 29.5. The van der Waals surface area contributed by atoms with E-state index in [9.17, 15) is 9.59 Å². The molecule has 1 heterocycles. The normalized spacial score (nSPS) is 11.8. The van der Waals surface area contributed by atoms with Gasteiger partial charge in [0.25, 0.3) is 0 Å². The lowest BCUT2D eigenvalue weighted by Gasteiger charge is -2.23. The summed E-state index contributed by atoms with van der Waals surface area (Å²) in [7, 11) is 1.33. The zero-order valence-electron chi connectivity index (χ0n) is 18.9. The second-order valence-corrected chi connectivity index (χ2v) is 7.90. The van der Waals surface area contributed by atoms with Gasteiger partial charge in [-0.3, -0.25) is 0 Å². The van der Waals surface area contributed by atoms with Crippen molar-refractivity contribution >= 4 is 12.1 Å². The summed E-state index contributed by atoms with van der Waals surface area (Å²) in [5, 5.41) is 2.93. The minimum absolute atomic E-state index is 0.00101. The van der Waals surface area contributed by atoms with Gasteiger partial charge in [0.15, 0.2) is 5.69 Å². The van der Waals surface area contributed by atoms with E-state index in [-0.39, 0.29) is 18.2 Å². The van der Waals surface area contributed by atoms with Gasteiger partial charge in [0, 0.05) is 12.2 Å². The fraction of sp³-hybridized carbons (Fsp3) is 0.320. The van der Waals surface area contributed by atoms with Crippen LogP contribution in [0.5, 0.6) is 0 Å². The molecule has 0 fully saturated rings. The molecule has 0 unspecified atom stereocenters. The molecule has 1 atom stereocenters. The first kappa shape index (κ1) is 23.1. The number of hydrogen-bond acceptors (Lipinski definition) is 5. The minimum atomic E-state index is -0.543. The Balaban J connectivity index is 1.88. The summed E-state index contributed by atoms with van der Waals surface area (Å²) in [6, 6.07) is 18.9. The maximum absolute atomic E-state index is 12.6. The van der Waals surface area contributed by atoms with Crippen LogP contribution in [-0.4, -0.2) is 28.7 Å². The van der Waals surface area contributed by atoms with Crippen molar-refractivity contribution < 1.29 is 19.1 Å². The fourth-order valence-corrected chi connectivity index (χ4v) is 3.47. The SMILES string of the molecule is COC(=O)c1nc([C@@H](NC(=O)OCc2ccccc2)C(C)C)n(Cc2ccccc2)c1C. The van der Waals surface area contributed by atoms with Crippen LogP contribution in [-0.2, 0) is 22.6 Å². The molecule has 0 aliphatic heterocycles. The molecule has 0 spiro atoms. The second kappa shape index (κ2) is 10.6. The highest BCUT2D eigenvalue weighted by Crippen LogP contribution is 2.26. The number of imidazole rings is 1. The molecule has 7 nitrogen and oxygen atoms in total. The van der Waals surface area contributed by atoms with Crippen molar-refractivity contribution in [3.8, 4) is 0 Å². The monoisotopic (exact) mass is 435 g/mol. The second-order valence-electron chi connectivity index (χ2n) is 7.90. The van der Waals surface area contributed by atoms with E-state index >= 15 is 0 Å². The fourth-order valence-electron chi connectivity index (χ4n) is 3.47. The third-order valence-corrected chi connectivity index (χ3v) is 5.24. The lowest BCUT2D eigenvalue weighted by molar-refractivity contribution is 0.0593. The molecule has 2 aromatic carbocycles. The van der Waals surface area contributed by atoms with E-state index in [2.05, 4.69) is 10.3 Å². The van der Waals surface area contributed by atoms with Gasteiger partial charge < -0.3 is 19.4 Å². The Morgan fingerprint density at radius 2 is 1.59 bits per heavy atom. The minimum Gasteiger partial charge on any atom is -0.464 e. The summed E-state index contributed by atoms with van der Waals surface area (Å²) >= 11 is 0. The van der Waals surface area contributed by atoms with Crippen molar-refractivity contribution in [3.05, 3.63) is 89.0 Å². The smallest absolute Gasteiger partial charge is 0.408 e. The zero-order valence-corrected chi connectivity index (χ0v) is 18.9. The van der Waals surface area contributed by atoms with E-state index in [1.165, 1.54) is 7.11 Å². The summed E-state index contributed by atoms with van der Waals surface area (Å²) < 4.78 is 12.3. The molecular formula is C25H29N3O4. The van der Waals surface area contributed by atoms with Gasteiger partial charge in [-0.25, -0.2) is 14.6 Å². The molecular weight excluding hydrogens is 406 g/mol. The Labute approximate surface area is 188 Å². The van der Waals surface area contributed by atoms with E-state index in [1.807, 2.05) is 86.0 Å². The molecule has 0 aliphatic rings. The predicted molar refractivity (Wildman–Crippen MR) is 121 cm³/mol. The van der Waals surface area contributed by atoms with Crippen LogP contribution in [0.4, 0.5) is 4.79 Å². The van der Waals surface area contributed by atoms with Gasteiger partial charge >= 0.3 is 12.1 Å². The number of carbonyl (C=O) groups is 2. The van der Waals surface area contributed by atoms with Crippen molar-refractivity contribution in [1.29, 1.82) is 0 Å². The standard InChI is InChI=1S/C25H29N3O4/c1-17(2)21(27-25(30)32-16-20-13-9-6-10-14-20)23-26-22(24(29)31-4)18(3)28(23)15-19-11-7-5-8-12-19/h5-14,17,21H,15-16H2,1-4H3,(H,27,30)/t21-/m0/s1. The first-order valence-corrected chi connectivity index (χ1v) is 10.6. The number of aromatic nitrogens is 2. The van der Waals surface area contributed by atoms with Crippen molar-refractivity contribution in [2.45, 2.75) is 40.0 Å². The van der Waals surface area contributed by atoms with Crippen LogP contribution < -0.4 is 5.32 Å². The molecule has 0 radical (unpaired) electrons. The van der Waals surface area contributed by atoms with Crippen molar-refractivity contribution in [3.63, 3.8) is 0 Å². The highest BCUT2D eigenvalue weighted by Gasteiger charge is 2.29. The third-order valence-electron chi connectivity index (χ3n) is 5.24. The summed E-state index contributed by atoms with van der Waals surface area (Å²) in [5.41, 5.74) is 2.88. The maximum atomic E-state index is 12.6. The molecule has 7 heteroatoms. The first-order chi connectivity index (χ1) is 15.4. The zero-order chi connectivity index (χ0) is 23.1. The molecule has 32 heavy (non-hydrogen) atoms. The molecule has 0 aliphatic carbocycles. The van der Waals surface area contributed by atoms with Gasteiger partial charge in [-0.1, -0.05) is 74.5 Å². The van der Waals surface area contributed by atoms with Gasteiger partial charge in [0.1, 0.15) is 12.4 Å². The molecule has 1 amide bonds. The lowest BCUT2D eigenvalue weighted by Crippen LogP contribution is -2.34. The Morgan fingerprint density at radius 1 is 1.00 bits per heavy atom. The molecule has 0 saturated heterocycles. The molecule has 1 aromatic heterocycles. The van der Waals surface area contributed by atoms with Crippen LogP contribution in [0.15, 0.2) is 60.7 Å². The largest absolute Gasteiger partial charge is 0.464 e. The number of hydrogen-bond donors (Lipinski definition) is 1. The van der Waals surface area contributed by atoms with E-state index < -0.39 is 18.1 Å². The Hall–Kier alpha value is -3.61. The van der Waals surface area contributed by atoms with E-state index in [4.69, 9.17) is 9.47 Å². The summed E-state index contributed by atoms with van der Waals surface area (Å²) in [5.74, 6) is 0.0734. The number of esters is 1. The number of carbonyl (C=O) groups excluding carboxylic acids is 2. The quantitative estimate of drug-likeness (QED) is 0.521. The van der Waals surface area contributed by atoms with Crippen LogP contribution in [0.2, 0.25) is 0 Å². The number of alkyl carbamates (subject to hydrolysis) is 1. The number of nitrogens with zero attached hydrogens (tertiary/aromatic N) is 2. The Kier molecular flexibility index (Phi) is 7.65. The van der Waals surface area contributed by atoms with Gasteiger partial charge in [-0.15, -0.1) is 0 Å². The first-order valence-electron chi connectivity index (χ1n) is 10.6. The average molecular weight is 436 g/mol. The molecule has 0 bridgehead atoms. The highest BCUT2D eigenvalue weighted by molar-refractivity contribution is 5.88. The predicted octanol–water partition coefficient (Wildman–Crippen LogP) is 4.65. The van der Waals surface area contributed by atoms with Gasteiger partial charge in [-0.05, 0) is 24.0 Å². The van der Waals surface area contributed by atoms with E-state index in [0.29, 0.717) is 18.1 Å². The lowest BCUT2D eigenvalue weighted by atomic mass is 10.0. The summed E-state index contributed by atoms with van der Waals surface area (Å²) in [6.45, 7) is 6.48. The van der Waals surface area contributed by atoms with Crippen molar-refractivity contribution in [2.24, 2.45) is 5.92 Å². The number of nitrogens with one attached hydrogen (secondary N) is 1. The van der Waals surface area contributed by atoms with Crippen LogP contribution in [0.25, 0.3) is 0 Å². The molecule has 0 saturated carbocycles. The van der Waals surface area contributed by atoms with Gasteiger partial charge in [0.2, 0.25) is 0 Å². The van der Waals surface area contributed by atoms with Crippen molar-refractivity contribution in [1.82, 2.24) is 14.9 Å². The molecule has 1 N–H and O–H groups in total. The Bertz CT molecular complexity index is 1050. The molecule has 3 aromatic rings. The van der Waals surface area contributed by atoms with Crippen molar-refractivity contribution in [2.75, 3.05) is 7.11 Å². The molecule has 168 valence electrons. The van der Waals surface area contributed by atoms with Gasteiger partial charge in [0.05, 0.1) is 13.2 Å². The number of amides is 1. The van der Waals surface area contributed by atoms with Crippen LogP contribution in [0.3, 0.4) is 0 Å². The van der Waals surface area contributed by atoms with E-state index in [0.717, 1.165) is 11.1 Å². The topological polar surface area (TPSA) is 82.4 Å². The van der Waals surface area contributed by atoms with Crippen LogP contribution >= 0.6 is 0 Å².